The van der Waals surface area contributed by atoms with Gasteiger partial charge in [-0.2, -0.15) is 5.26 Å². The highest BCUT2D eigenvalue weighted by molar-refractivity contribution is 9.10. The number of nitriles is 1. The van der Waals surface area contributed by atoms with Crippen LogP contribution in [0, 0.1) is 16.7 Å². The molecule has 3 nitrogen and oxygen atoms in total. The lowest BCUT2D eigenvalue weighted by atomic mass is 9.63. The van der Waals surface area contributed by atoms with E-state index in [0.29, 0.717) is 12.8 Å². The monoisotopic (exact) mass is 335 g/mol. The fourth-order valence-corrected chi connectivity index (χ4v) is 3.94. The van der Waals surface area contributed by atoms with Crippen molar-refractivity contribution in [1.29, 1.82) is 5.26 Å². The number of aliphatic hydroxyl groups is 1. The number of hydrogen-bond donors (Lipinski definition) is 1. The third-order valence-electron chi connectivity index (χ3n) is 4.83. The molecule has 4 unspecified atom stereocenters. The second kappa shape index (κ2) is 4.84. The molecule has 1 aromatic carbocycles. The smallest absolute Gasteiger partial charge is 0.114 e. The van der Waals surface area contributed by atoms with Crippen LogP contribution in [0.3, 0.4) is 0 Å². The molecule has 20 heavy (non-hydrogen) atoms. The van der Waals surface area contributed by atoms with Gasteiger partial charge in [-0.1, -0.05) is 28.1 Å². The fourth-order valence-electron chi connectivity index (χ4n) is 3.67. The average molecular weight is 336 g/mol. The molecule has 0 amide bonds. The highest BCUT2D eigenvalue weighted by atomic mass is 79.9. The van der Waals surface area contributed by atoms with E-state index in [-0.39, 0.29) is 12.2 Å². The first-order valence-corrected chi connectivity index (χ1v) is 7.80. The summed E-state index contributed by atoms with van der Waals surface area (Å²) in [6.45, 7) is 1.78. The molecule has 1 N–H and O–H groups in total. The minimum absolute atomic E-state index is 0.122. The molecule has 106 valence electrons. The van der Waals surface area contributed by atoms with Crippen molar-refractivity contribution >= 4 is 15.9 Å². The maximum Gasteiger partial charge on any atom is 0.114 e. The Morgan fingerprint density at radius 3 is 2.65 bits per heavy atom. The Bertz CT molecular complexity index is 549. The highest BCUT2D eigenvalue weighted by Crippen LogP contribution is 2.54. The molecule has 4 heteroatoms. The van der Waals surface area contributed by atoms with E-state index in [1.807, 2.05) is 24.3 Å². The van der Waals surface area contributed by atoms with E-state index in [2.05, 4.69) is 22.0 Å². The van der Waals surface area contributed by atoms with Gasteiger partial charge in [-0.3, -0.25) is 0 Å². The van der Waals surface area contributed by atoms with Crippen LogP contribution in [-0.4, -0.2) is 22.9 Å². The predicted octanol–water partition coefficient (Wildman–Crippen LogP) is 3.20. The molecule has 0 aliphatic carbocycles. The van der Waals surface area contributed by atoms with Crippen LogP contribution in [0.25, 0.3) is 0 Å². The molecule has 0 saturated carbocycles. The van der Waals surface area contributed by atoms with E-state index >= 15 is 0 Å². The Balaban J connectivity index is 1.87. The second-order valence-electron chi connectivity index (χ2n) is 6.19. The summed E-state index contributed by atoms with van der Waals surface area (Å²) in [6, 6.07) is 10.3. The highest BCUT2D eigenvalue weighted by Gasteiger charge is 2.61. The molecule has 2 aliphatic heterocycles. The Morgan fingerprint density at radius 1 is 1.45 bits per heavy atom. The molecule has 0 radical (unpaired) electrons. The third kappa shape index (κ3) is 2.09. The van der Waals surface area contributed by atoms with E-state index in [0.717, 1.165) is 22.9 Å². The Hall–Kier alpha value is -0.890. The molecule has 2 heterocycles. The van der Waals surface area contributed by atoms with Crippen LogP contribution in [0.4, 0.5) is 0 Å². The largest absolute Gasteiger partial charge is 0.388 e. The zero-order chi connectivity index (χ0) is 14.4. The lowest BCUT2D eigenvalue weighted by molar-refractivity contribution is -0.0711. The van der Waals surface area contributed by atoms with E-state index in [1.54, 1.807) is 6.92 Å². The van der Waals surface area contributed by atoms with Crippen LogP contribution < -0.4 is 0 Å². The van der Waals surface area contributed by atoms with Crippen LogP contribution in [-0.2, 0) is 11.2 Å². The van der Waals surface area contributed by atoms with Crippen LogP contribution in [0.1, 0.15) is 31.7 Å². The molecular formula is C16H18BrNO2. The minimum atomic E-state index is -1.07. The number of hydrogen-bond acceptors (Lipinski definition) is 3. The second-order valence-corrected chi connectivity index (χ2v) is 7.10. The van der Waals surface area contributed by atoms with Crippen molar-refractivity contribution in [1.82, 2.24) is 0 Å². The van der Waals surface area contributed by atoms with Gasteiger partial charge in [0.25, 0.3) is 0 Å². The topological polar surface area (TPSA) is 53.2 Å². The zero-order valence-corrected chi connectivity index (χ0v) is 13.1. The summed E-state index contributed by atoms with van der Waals surface area (Å²) in [5.74, 6) is 0. The molecule has 2 aliphatic rings. The maximum atomic E-state index is 11.0. The molecule has 2 fully saturated rings. The summed E-state index contributed by atoms with van der Waals surface area (Å²) in [6.07, 6.45) is 3.05. The lowest BCUT2D eigenvalue weighted by Crippen LogP contribution is -2.52. The fraction of sp³-hybridized carbons (Fsp3) is 0.562. The Morgan fingerprint density at radius 2 is 2.15 bits per heavy atom. The normalized spacial score (nSPS) is 34.7. The van der Waals surface area contributed by atoms with Crippen LogP contribution >= 0.6 is 15.9 Å². The number of halogens is 1. The first-order chi connectivity index (χ1) is 9.47. The van der Waals surface area contributed by atoms with E-state index < -0.39 is 11.0 Å². The summed E-state index contributed by atoms with van der Waals surface area (Å²) >= 11 is 3.41. The molecular weight excluding hydrogens is 318 g/mol. The number of fused-ring (bicyclic) bond motifs is 2. The number of nitrogens with zero attached hydrogens (tertiary/aromatic N) is 1. The van der Waals surface area contributed by atoms with Crippen LogP contribution in [0.2, 0.25) is 0 Å². The Labute approximate surface area is 127 Å². The summed E-state index contributed by atoms with van der Waals surface area (Å²) in [5, 5.41) is 20.7. The van der Waals surface area contributed by atoms with Gasteiger partial charge in [-0.05, 0) is 43.9 Å². The molecule has 1 aromatic rings. The van der Waals surface area contributed by atoms with Crippen LogP contribution in [0.15, 0.2) is 28.7 Å². The molecule has 3 rings (SSSR count). The van der Waals surface area contributed by atoms with Crippen molar-refractivity contribution in [3.8, 4) is 6.07 Å². The Kier molecular flexibility index (Phi) is 3.40. The van der Waals surface area contributed by atoms with Crippen molar-refractivity contribution < 1.29 is 9.84 Å². The van der Waals surface area contributed by atoms with Crippen molar-refractivity contribution in [2.75, 3.05) is 0 Å². The van der Waals surface area contributed by atoms with Gasteiger partial charge in [-0.15, -0.1) is 0 Å². The van der Waals surface area contributed by atoms with Crippen molar-refractivity contribution in [2.24, 2.45) is 5.41 Å². The quantitative estimate of drug-likeness (QED) is 0.922. The van der Waals surface area contributed by atoms with E-state index in [1.165, 1.54) is 0 Å². The van der Waals surface area contributed by atoms with Crippen LogP contribution in [0.5, 0.6) is 0 Å². The predicted molar refractivity (Wildman–Crippen MR) is 79.0 cm³/mol. The first kappa shape index (κ1) is 14.1. The molecule has 0 aromatic heterocycles. The lowest BCUT2D eigenvalue weighted by Gasteiger charge is -2.41. The van der Waals surface area contributed by atoms with Crippen molar-refractivity contribution in [3.05, 3.63) is 34.3 Å². The number of ether oxygens (including phenoxy) is 1. The van der Waals surface area contributed by atoms with Gasteiger partial charge in [0.1, 0.15) is 5.41 Å². The van der Waals surface area contributed by atoms with E-state index in [4.69, 9.17) is 4.74 Å². The molecule has 4 atom stereocenters. The minimum Gasteiger partial charge on any atom is -0.388 e. The van der Waals surface area contributed by atoms with Gasteiger partial charge in [-0.25, -0.2) is 0 Å². The third-order valence-corrected chi connectivity index (χ3v) is 5.36. The number of rotatable bonds is 3. The van der Waals surface area contributed by atoms with Crippen molar-refractivity contribution in [3.63, 3.8) is 0 Å². The first-order valence-electron chi connectivity index (χ1n) is 7.00. The SMILES string of the molecule is CC(O)(Cc1ccc(Br)cc1)C1(C#N)CC2CCC1O2. The van der Waals surface area contributed by atoms with E-state index in [9.17, 15) is 10.4 Å². The molecule has 2 bridgehead atoms. The molecule has 0 spiro atoms. The summed E-state index contributed by atoms with van der Waals surface area (Å²) in [4.78, 5) is 0. The van der Waals surface area contributed by atoms with Crippen molar-refractivity contribution in [2.45, 2.75) is 50.4 Å². The average Bonchev–Trinajstić information content (AvgIpc) is 3.02. The van der Waals surface area contributed by atoms with Gasteiger partial charge in [0.05, 0.1) is 23.9 Å². The zero-order valence-electron chi connectivity index (χ0n) is 11.5. The molecule has 2 saturated heterocycles. The summed E-state index contributed by atoms with van der Waals surface area (Å²) < 4.78 is 6.85. The van der Waals surface area contributed by atoms with Gasteiger partial charge in [0.15, 0.2) is 0 Å². The maximum absolute atomic E-state index is 11.0. The summed E-state index contributed by atoms with van der Waals surface area (Å²) in [5.41, 5.74) is -0.811. The summed E-state index contributed by atoms with van der Waals surface area (Å²) in [7, 11) is 0. The van der Waals surface area contributed by atoms with Gasteiger partial charge >= 0.3 is 0 Å². The standard InChI is InChI=1S/C16H18BrNO2/c1-15(19,8-11-2-4-12(17)5-3-11)16(10-18)9-13-6-7-14(16)20-13/h2-5,13-14,19H,6-9H2,1H3. The van der Waals surface area contributed by atoms with Gasteiger partial charge in [0.2, 0.25) is 0 Å². The van der Waals surface area contributed by atoms with Gasteiger partial charge in [0, 0.05) is 10.9 Å². The van der Waals surface area contributed by atoms with Gasteiger partial charge < -0.3 is 9.84 Å². The number of benzene rings is 1.